The Bertz CT molecular complexity index is 333. The van der Waals surface area contributed by atoms with Crippen molar-refractivity contribution in [1.82, 2.24) is 9.21 Å². The predicted molar refractivity (Wildman–Crippen MR) is 59.3 cm³/mol. The molecular weight excluding hydrogens is 232 g/mol. The first-order chi connectivity index (χ1) is 7.45. The van der Waals surface area contributed by atoms with Crippen LogP contribution in [0.2, 0.25) is 0 Å². The standard InChI is InChI=1S/C9H18N2O4S/c1-16(14,15)11-6-4-10(5-7-11)9(13)3-2-8-12/h12H,2-8H2,1H3. The van der Waals surface area contributed by atoms with Gasteiger partial charge in [0.1, 0.15) is 0 Å². The molecule has 1 rings (SSSR count). The van der Waals surface area contributed by atoms with Crippen LogP contribution < -0.4 is 0 Å². The molecule has 1 heterocycles. The van der Waals surface area contributed by atoms with Crippen molar-refractivity contribution in [2.24, 2.45) is 0 Å². The summed E-state index contributed by atoms with van der Waals surface area (Å²) in [6, 6.07) is 0. The van der Waals surface area contributed by atoms with Crippen LogP contribution in [0.25, 0.3) is 0 Å². The number of hydrogen-bond acceptors (Lipinski definition) is 4. The highest BCUT2D eigenvalue weighted by molar-refractivity contribution is 7.88. The fraction of sp³-hybridized carbons (Fsp3) is 0.889. The number of nitrogens with zero attached hydrogens (tertiary/aromatic N) is 2. The Labute approximate surface area is 95.9 Å². The molecule has 0 bridgehead atoms. The number of carbonyl (C=O) groups excluding carboxylic acids is 1. The number of aliphatic hydroxyl groups excluding tert-OH is 1. The summed E-state index contributed by atoms with van der Waals surface area (Å²) in [5, 5.41) is 8.60. The Morgan fingerprint density at radius 2 is 1.81 bits per heavy atom. The third-order valence-electron chi connectivity index (χ3n) is 2.61. The van der Waals surface area contributed by atoms with Gasteiger partial charge in [0, 0.05) is 39.2 Å². The maximum Gasteiger partial charge on any atom is 0.222 e. The maximum atomic E-state index is 11.6. The van der Waals surface area contributed by atoms with Crippen molar-refractivity contribution in [3.8, 4) is 0 Å². The molecule has 0 spiro atoms. The van der Waals surface area contributed by atoms with E-state index in [2.05, 4.69) is 0 Å². The number of amides is 1. The largest absolute Gasteiger partial charge is 0.396 e. The van der Waals surface area contributed by atoms with Crippen molar-refractivity contribution >= 4 is 15.9 Å². The minimum absolute atomic E-state index is 0.00897. The van der Waals surface area contributed by atoms with E-state index >= 15 is 0 Å². The van der Waals surface area contributed by atoms with Gasteiger partial charge in [-0.15, -0.1) is 0 Å². The van der Waals surface area contributed by atoms with Gasteiger partial charge in [0.25, 0.3) is 0 Å². The molecule has 0 atom stereocenters. The van der Waals surface area contributed by atoms with Gasteiger partial charge >= 0.3 is 0 Å². The first-order valence-corrected chi connectivity index (χ1v) is 7.13. The predicted octanol–water partition coefficient (Wildman–Crippen LogP) is -1.14. The van der Waals surface area contributed by atoms with E-state index in [1.54, 1.807) is 4.90 Å². The van der Waals surface area contributed by atoms with Crippen molar-refractivity contribution in [2.75, 3.05) is 39.0 Å². The molecule has 1 aliphatic heterocycles. The average Bonchev–Trinajstić information content (AvgIpc) is 2.25. The van der Waals surface area contributed by atoms with E-state index in [0.717, 1.165) is 0 Å². The summed E-state index contributed by atoms with van der Waals surface area (Å²) in [6.45, 7) is 1.62. The highest BCUT2D eigenvalue weighted by atomic mass is 32.2. The lowest BCUT2D eigenvalue weighted by atomic mass is 10.2. The third-order valence-corrected chi connectivity index (χ3v) is 3.91. The molecule has 0 aromatic rings. The van der Waals surface area contributed by atoms with Crippen LogP contribution in [0.15, 0.2) is 0 Å². The van der Waals surface area contributed by atoms with Crippen molar-refractivity contribution in [1.29, 1.82) is 0 Å². The second-order valence-electron chi connectivity index (χ2n) is 3.87. The van der Waals surface area contributed by atoms with E-state index < -0.39 is 10.0 Å². The normalized spacial score (nSPS) is 18.8. The smallest absolute Gasteiger partial charge is 0.222 e. The minimum Gasteiger partial charge on any atom is -0.396 e. The molecule has 1 fully saturated rings. The molecule has 0 aromatic carbocycles. The van der Waals surface area contributed by atoms with Crippen molar-refractivity contribution in [3.63, 3.8) is 0 Å². The zero-order valence-corrected chi connectivity index (χ0v) is 10.2. The number of rotatable bonds is 4. The van der Waals surface area contributed by atoms with Crippen LogP contribution in [0.4, 0.5) is 0 Å². The monoisotopic (exact) mass is 250 g/mol. The van der Waals surface area contributed by atoms with E-state index in [1.807, 2.05) is 0 Å². The van der Waals surface area contributed by atoms with Gasteiger partial charge < -0.3 is 10.0 Å². The topological polar surface area (TPSA) is 77.9 Å². The second-order valence-corrected chi connectivity index (χ2v) is 5.85. The number of piperazine rings is 1. The lowest BCUT2D eigenvalue weighted by molar-refractivity contribution is -0.132. The Kier molecular flexibility index (Phi) is 4.69. The van der Waals surface area contributed by atoms with Gasteiger partial charge in [-0.3, -0.25) is 4.79 Å². The summed E-state index contributed by atoms with van der Waals surface area (Å²) in [6.07, 6.45) is 1.97. The lowest BCUT2D eigenvalue weighted by Gasteiger charge is -2.33. The maximum absolute atomic E-state index is 11.6. The summed E-state index contributed by atoms with van der Waals surface area (Å²) in [5.41, 5.74) is 0. The molecule has 94 valence electrons. The van der Waals surface area contributed by atoms with E-state index in [9.17, 15) is 13.2 Å². The molecule has 16 heavy (non-hydrogen) atoms. The van der Waals surface area contributed by atoms with E-state index in [-0.39, 0.29) is 12.5 Å². The molecule has 7 heteroatoms. The van der Waals surface area contributed by atoms with Crippen molar-refractivity contribution in [2.45, 2.75) is 12.8 Å². The van der Waals surface area contributed by atoms with Crippen LogP contribution in [-0.4, -0.2) is 67.7 Å². The molecule has 0 saturated carbocycles. The molecule has 0 radical (unpaired) electrons. The summed E-state index contributed by atoms with van der Waals surface area (Å²) in [4.78, 5) is 13.2. The zero-order valence-electron chi connectivity index (χ0n) is 9.42. The fourth-order valence-corrected chi connectivity index (χ4v) is 2.48. The third kappa shape index (κ3) is 3.73. The van der Waals surface area contributed by atoms with Gasteiger partial charge in [-0.25, -0.2) is 8.42 Å². The summed E-state index contributed by atoms with van der Waals surface area (Å²) in [5.74, 6) is -0.0119. The number of aliphatic hydroxyl groups is 1. The van der Waals surface area contributed by atoms with Crippen LogP contribution >= 0.6 is 0 Å². The van der Waals surface area contributed by atoms with Gasteiger partial charge in [-0.2, -0.15) is 4.31 Å². The fourth-order valence-electron chi connectivity index (χ4n) is 1.66. The van der Waals surface area contributed by atoms with Crippen LogP contribution in [0.5, 0.6) is 0 Å². The molecule has 0 aliphatic carbocycles. The summed E-state index contributed by atoms with van der Waals surface area (Å²) >= 11 is 0. The van der Waals surface area contributed by atoms with Crippen molar-refractivity contribution < 1.29 is 18.3 Å². The average molecular weight is 250 g/mol. The van der Waals surface area contributed by atoms with E-state index in [4.69, 9.17) is 5.11 Å². The highest BCUT2D eigenvalue weighted by Crippen LogP contribution is 2.07. The van der Waals surface area contributed by atoms with Gasteiger partial charge in [-0.1, -0.05) is 0 Å². The van der Waals surface area contributed by atoms with E-state index in [0.29, 0.717) is 39.0 Å². The first kappa shape index (κ1) is 13.4. The van der Waals surface area contributed by atoms with Gasteiger partial charge in [0.15, 0.2) is 0 Å². The molecular formula is C9H18N2O4S. The van der Waals surface area contributed by atoms with Crippen LogP contribution in [-0.2, 0) is 14.8 Å². The Morgan fingerprint density at radius 3 is 2.25 bits per heavy atom. The van der Waals surface area contributed by atoms with Gasteiger partial charge in [0.05, 0.1) is 6.26 Å². The van der Waals surface area contributed by atoms with Gasteiger partial charge in [-0.05, 0) is 6.42 Å². The molecule has 1 amide bonds. The molecule has 1 saturated heterocycles. The minimum atomic E-state index is -3.14. The van der Waals surface area contributed by atoms with Crippen LogP contribution in [0.1, 0.15) is 12.8 Å². The Balaban J connectivity index is 2.40. The number of sulfonamides is 1. The molecule has 0 aromatic heterocycles. The molecule has 1 aliphatic rings. The SMILES string of the molecule is CS(=O)(=O)N1CCN(C(=O)CCCO)CC1. The van der Waals surface area contributed by atoms with Crippen LogP contribution in [0, 0.1) is 0 Å². The molecule has 6 nitrogen and oxygen atoms in total. The first-order valence-electron chi connectivity index (χ1n) is 5.29. The van der Waals surface area contributed by atoms with Crippen LogP contribution in [0.3, 0.4) is 0 Å². The molecule has 0 unspecified atom stereocenters. The van der Waals surface area contributed by atoms with E-state index in [1.165, 1.54) is 10.6 Å². The summed E-state index contributed by atoms with van der Waals surface area (Å²) < 4.78 is 23.8. The quantitative estimate of drug-likeness (QED) is 0.684. The number of carbonyl (C=O) groups is 1. The van der Waals surface area contributed by atoms with Crippen molar-refractivity contribution in [3.05, 3.63) is 0 Å². The zero-order chi connectivity index (χ0) is 12.2. The summed E-state index contributed by atoms with van der Waals surface area (Å²) in [7, 11) is -3.14. The second kappa shape index (κ2) is 5.60. The lowest BCUT2D eigenvalue weighted by Crippen LogP contribution is -2.50. The number of hydrogen-bond donors (Lipinski definition) is 1. The molecule has 1 N–H and O–H groups in total. The Morgan fingerprint density at radius 1 is 1.25 bits per heavy atom. The highest BCUT2D eigenvalue weighted by Gasteiger charge is 2.25. The Hall–Kier alpha value is -0.660. The van der Waals surface area contributed by atoms with Gasteiger partial charge in [0.2, 0.25) is 15.9 Å².